The monoisotopic (exact) mass is 908 g/mol. The van der Waals surface area contributed by atoms with E-state index in [4.69, 9.17) is 8.97 Å². The van der Waals surface area contributed by atoms with Crippen molar-refractivity contribution in [3.8, 4) is 0 Å². The maximum absolute atomic E-state index is 13.2. The van der Waals surface area contributed by atoms with Crippen molar-refractivity contribution in [1.29, 1.82) is 0 Å². The molecule has 0 aromatic carbocycles. The summed E-state index contributed by atoms with van der Waals surface area (Å²) in [4.78, 5) is 26.3. The zero-order valence-corrected chi connectivity index (χ0v) is 37.1. The molecule has 0 heterocycles. The predicted octanol–water partition coefficient (Wildman–Crippen LogP) is 10.8. The molecule has 0 bridgehead atoms. The number of carbonyl (C=O) groups is 2. The van der Waals surface area contributed by atoms with Crippen molar-refractivity contribution in [2.24, 2.45) is 0 Å². The quantitative estimate of drug-likeness (QED) is 0.0729. The zero-order chi connectivity index (χ0) is 31.0. The van der Waals surface area contributed by atoms with Crippen LogP contribution in [0.5, 0.6) is 0 Å². The van der Waals surface area contributed by atoms with Gasteiger partial charge in [-0.2, -0.15) is 0 Å². The van der Waals surface area contributed by atoms with Gasteiger partial charge in [0.2, 0.25) is 0 Å². The van der Waals surface area contributed by atoms with Crippen molar-refractivity contribution in [2.75, 3.05) is 0 Å². The summed E-state index contributed by atoms with van der Waals surface area (Å²) in [5.41, 5.74) is 0. The van der Waals surface area contributed by atoms with E-state index in [2.05, 4.69) is 41.5 Å². The Bertz CT molecular complexity index is 604. The number of carbonyl (C=O) groups excluding carboxylic acids is 2. The summed E-state index contributed by atoms with van der Waals surface area (Å²) in [5.74, 6) is -0.134. The van der Waals surface area contributed by atoms with Crippen LogP contribution in [0.4, 0.5) is 0 Å². The second kappa shape index (κ2) is 25.4. The van der Waals surface area contributed by atoms with Crippen molar-refractivity contribution in [1.82, 2.24) is 0 Å². The van der Waals surface area contributed by atoms with E-state index in [0.717, 1.165) is 117 Å². The molecule has 6 nitrogen and oxygen atoms in total. The topological polar surface area (TPSA) is 71.1 Å². The Morgan fingerprint density at radius 3 is 0.854 bits per heavy atom. The fourth-order valence-electron chi connectivity index (χ4n) is 5.33. The molecule has 9 heteroatoms. The fraction of sp³-hybridized carbons (Fsp3) is 0.938. The molecule has 0 aromatic heterocycles. The Morgan fingerprint density at radius 2 is 0.634 bits per heavy atom. The Balaban J connectivity index is 7.04. The summed E-state index contributed by atoms with van der Waals surface area (Å²) in [6.07, 6.45) is 15.2. The first kappa shape index (κ1) is 42.3. The standard InChI is InChI=1S/2C4H8O2.6C4H9.2O.3Sn/c2*1-2-3-4(5)6;6*1-3-4-2;;;;;/h2*2-3H2,1H3,(H,5,6);6*1,3-4H2,2H3;;;;;/q;;;;;;;;;;;2*+1/p-2. The molecule has 0 saturated heterocycles. The van der Waals surface area contributed by atoms with Crippen molar-refractivity contribution >= 4 is 69.6 Å². The van der Waals surface area contributed by atoms with E-state index < -0.39 is 57.6 Å². The molecule has 0 spiro atoms. The van der Waals surface area contributed by atoms with Crippen molar-refractivity contribution in [3.63, 3.8) is 0 Å². The molecule has 0 aliphatic carbocycles. The van der Waals surface area contributed by atoms with E-state index in [0.29, 0.717) is 12.8 Å². The third kappa shape index (κ3) is 18.1. The number of rotatable bonds is 28. The maximum atomic E-state index is 13.2. The number of unbranched alkanes of at least 4 members (excludes halogenated alkanes) is 6. The van der Waals surface area contributed by atoms with Crippen LogP contribution in [0.15, 0.2) is 0 Å². The summed E-state index contributed by atoms with van der Waals surface area (Å²) in [6, 6.07) is 0. The van der Waals surface area contributed by atoms with Crippen LogP contribution in [-0.2, 0) is 18.6 Å². The molecule has 0 amide bonds. The van der Waals surface area contributed by atoms with Gasteiger partial charge < -0.3 is 0 Å². The van der Waals surface area contributed by atoms with Crippen molar-refractivity contribution in [2.45, 2.75) is 185 Å². The average Bonchev–Trinajstić information content (AvgIpc) is 2.95. The van der Waals surface area contributed by atoms with E-state index in [1.165, 1.54) is 0 Å². The molecule has 0 rings (SSSR count). The average molecular weight is 905 g/mol. The van der Waals surface area contributed by atoms with Gasteiger partial charge in [-0.05, 0) is 0 Å². The van der Waals surface area contributed by atoms with E-state index in [1.54, 1.807) is 0 Å². The number of hydrogen-bond acceptors (Lipinski definition) is 6. The van der Waals surface area contributed by atoms with E-state index in [-0.39, 0.29) is 11.9 Å². The van der Waals surface area contributed by atoms with Gasteiger partial charge in [0, 0.05) is 0 Å². The number of hydrogen-bond donors (Lipinski definition) is 0. The van der Waals surface area contributed by atoms with Crippen LogP contribution in [0.25, 0.3) is 0 Å². The van der Waals surface area contributed by atoms with Gasteiger partial charge in [-0.1, -0.05) is 0 Å². The Morgan fingerprint density at radius 1 is 0.390 bits per heavy atom. The van der Waals surface area contributed by atoms with E-state index in [9.17, 15) is 9.59 Å². The van der Waals surface area contributed by atoms with Crippen LogP contribution < -0.4 is 0 Å². The van der Waals surface area contributed by atoms with E-state index in [1.807, 2.05) is 13.8 Å². The second-order valence-corrected chi connectivity index (χ2v) is 46.3. The molecule has 0 unspecified atom stereocenters. The van der Waals surface area contributed by atoms with Crippen LogP contribution >= 0.6 is 0 Å². The van der Waals surface area contributed by atoms with Crippen molar-refractivity contribution < 1.29 is 18.6 Å². The molecule has 0 aromatic rings. The summed E-state index contributed by atoms with van der Waals surface area (Å²) in [5, 5.41) is 0. The molecular formula is C32H68O6Sn3. The molecule has 41 heavy (non-hydrogen) atoms. The van der Waals surface area contributed by atoms with Crippen LogP contribution in [0, 0.1) is 0 Å². The Hall–Kier alpha value is 1.26. The minimum absolute atomic E-state index is 0.0669. The molecule has 0 saturated carbocycles. The summed E-state index contributed by atoms with van der Waals surface area (Å²) in [7, 11) is 0. The SMILES string of the molecule is CCC[CH2][Sn]([CH2]CCC)([O]C(=O)CCC)[O][Sn]([CH2]CCC)([CH2]CCC)[O][Sn]([CH2]CCC)([CH2]CCC)[O]C(=O)CCC. The summed E-state index contributed by atoms with van der Waals surface area (Å²) in [6.45, 7) is 17.4. The zero-order valence-electron chi connectivity index (χ0n) is 28.5. The van der Waals surface area contributed by atoms with Gasteiger partial charge in [0.05, 0.1) is 0 Å². The summed E-state index contributed by atoms with van der Waals surface area (Å²) >= 11 is -11.6. The molecule has 0 radical (unpaired) electrons. The molecular weight excluding hydrogens is 836 g/mol. The van der Waals surface area contributed by atoms with Crippen LogP contribution in [0.3, 0.4) is 0 Å². The van der Waals surface area contributed by atoms with Gasteiger partial charge >= 0.3 is 273 Å². The molecule has 244 valence electrons. The van der Waals surface area contributed by atoms with Gasteiger partial charge in [0.15, 0.2) is 0 Å². The van der Waals surface area contributed by atoms with Crippen LogP contribution in [-0.4, -0.2) is 69.6 Å². The first-order chi connectivity index (χ1) is 19.7. The first-order valence-electron chi connectivity index (χ1n) is 17.5. The van der Waals surface area contributed by atoms with Gasteiger partial charge in [0.1, 0.15) is 0 Å². The summed E-state index contributed by atoms with van der Waals surface area (Å²) < 4.78 is 34.4. The van der Waals surface area contributed by atoms with Gasteiger partial charge in [-0.15, -0.1) is 0 Å². The Labute approximate surface area is 270 Å². The van der Waals surface area contributed by atoms with Gasteiger partial charge in [0.25, 0.3) is 0 Å². The molecule has 0 aliphatic rings. The fourth-order valence-corrected chi connectivity index (χ4v) is 82.8. The normalized spacial score (nSPS) is 12.5. The van der Waals surface area contributed by atoms with Gasteiger partial charge in [-0.3, -0.25) is 0 Å². The van der Waals surface area contributed by atoms with Gasteiger partial charge in [-0.25, -0.2) is 0 Å². The van der Waals surface area contributed by atoms with Crippen LogP contribution in [0.1, 0.15) is 158 Å². The third-order valence-electron chi connectivity index (χ3n) is 7.72. The van der Waals surface area contributed by atoms with E-state index >= 15 is 0 Å². The first-order valence-corrected chi connectivity index (χ1v) is 36.6. The van der Waals surface area contributed by atoms with Crippen molar-refractivity contribution in [3.05, 3.63) is 0 Å². The molecule has 0 fully saturated rings. The van der Waals surface area contributed by atoms with Crippen LogP contribution in [0.2, 0.25) is 26.6 Å². The molecule has 0 N–H and O–H groups in total. The minimum atomic E-state index is -3.89. The third-order valence-corrected chi connectivity index (χ3v) is 63.0. The molecule has 0 atom stereocenters. The predicted molar refractivity (Wildman–Crippen MR) is 180 cm³/mol. The molecule has 0 aliphatic heterocycles. The Kier molecular flexibility index (Phi) is 26.2. The second-order valence-electron chi connectivity index (χ2n) is 12.0.